The number of alkyl halides is 6. The van der Waals surface area contributed by atoms with Gasteiger partial charge in [0.1, 0.15) is 5.54 Å². The van der Waals surface area contributed by atoms with Crippen molar-refractivity contribution >= 4 is 11.8 Å². The molecule has 6 nitrogen and oxygen atoms in total. The number of likely N-dealkylation sites (tertiary alicyclic amines) is 1. The lowest BCUT2D eigenvalue weighted by atomic mass is 9.57. The molecule has 1 spiro atoms. The quantitative estimate of drug-likeness (QED) is 0.567. The molecule has 1 aromatic rings. The molecule has 2 saturated carbocycles. The van der Waals surface area contributed by atoms with E-state index in [2.05, 4.69) is 15.4 Å². The number of amides is 2. The third-order valence-corrected chi connectivity index (χ3v) is 6.57. The van der Waals surface area contributed by atoms with Gasteiger partial charge >= 0.3 is 12.5 Å². The maximum absolute atomic E-state index is 13.5. The highest BCUT2D eigenvalue weighted by molar-refractivity contribution is 5.94. The maximum atomic E-state index is 13.5. The fourth-order valence-electron chi connectivity index (χ4n) is 4.88. The van der Waals surface area contributed by atoms with E-state index in [1.165, 1.54) is 0 Å². The largest absolute Gasteiger partial charge is 0.573 e. The van der Waals surface area contributed by atoms with E-state index in [9.17, 15) is 40.3 Å². The van der Waals surface area contributed by atoms with Crippen molar-refractivity contribution in [2.75, 3.05) is 26.2 Å². The van der Waals surface area contributed by atoms with Gasteiger partial charge in [-0.05, 0) is 55.2 Å². The Morgan fingerprint density at radius 3 is 2.29 bits per heavy atom. The number of benzene rings is 1. The smallest absolute Gasteiger partial charge is 0.403 e. The molecule has 4 rings (SSSR count). The fourth-order valence-corrected chi connectivity index (χ4v) is 4.88. The zero-order valence-electron chi connectivity index (χ0n) is 17.8. The van der Waals surface area contributed by atoms with Gasteiger partial charge in [-0.2, -0.15) is 13.2 Å². The summed E-state index contributed by atoms with van der Waals surface area (Å²) in [6.45, 7) is 1.30. The van der Waals surface area contributed by atoms with Crippen LogP contribution in [-0.4, -0.2) is 61.0 Å². The van der Waals surface area contributed by atoms with Crippen LogP contribution in [0.25, 0.3) is 0 Å². The first kappa shape index (κ1) is 24.6. The highest BCUT2D eigenvalue weighted by Gasteiger charge is 2.64. The third kappa shape index (κ3) is 5.23. The normalized spacial score (nSPS) is 21.4. The molecule has 13 heteroatoms. The molecule has 0 radical (unpaired) electrons. The van der Waals surface area contributed by atoms with Gasteiger partial charge in [-0.15, -0.1) is 13.2 Å². The van der Waals surface area contributed by atoms with Crippen LogP contribution in [0.3, 0.4) is 0 Å². The lowest BCUT2D eigenvalue weighted by molar-refractivity contribution is -0.275. The number of rotatable bonds is 7. The van der Waals surface area contributed by atoms with Crippen LogP contribution in [0, 0.1) is 17.2 Å². The van der Waals surface area contributed by atoms with Gasteiger partial charge in [0, 0.05) is 25.2 Å². The molecule has 3 fully saturated rings. The molecule has 1 aromatic carbocycles. The molecule has 0 unspecified atom stereocenters. The average Bonchev–Trinajstić information content (AvgIpc) is 3.42. The van der Waals surface area contributed by atoms with Crippen molar-refractivity contribution in [1.82, 2.24) is 15.5 Å². The van der Waals surface area contributed by atoms with Gasteiger partial charge in [-0.1, -0.05) is 0 Å². The number of carbonyl (C=O) groups excluding carboxylic acids is 2. The summed E-state index contributed by atoms with van der Waals surface area (Å²) < 4.78 is 92.9. The molecule has 2 amide bonds. The summed E-state index contributed by atoms with van der Waals surface area (Å²) in [4.78, 5) is 26.0. The highest BCUT2D eigenvalue weighted by atomic mass is 19.4. The summed E-state index contributed by atoms with van der Waals surface area (Å²) in [7, 11) is 0. The van der Waals surface area contributed by atoms with Crippen molar-refractivity contribution in [3.63, 3.8) is 0 Å². The first-order valence-corrected chi connectivity index (χ1v) is 10.6. The Balaban J connectivity index is 1.17. The van der Waals surface area contributed by atoms with Gasteiger partial charge < -0.3 is 15.4 Å². The van der Waals surface area contributed by atoms with E-state index >= 15 is 0 Å². The topological polar surface area (TPSA) is 70.7 Å². The summed E-state index contributed by atoms with van der Waals surface area (Å²) in [6, 6.07) is 2.45. The van der Waals surface area contributed by atoms with Gasteiger partial charge in [0.05, 0.1) is 6.54 Å². The fraction of sp³-hybridized carbons (Fsp3) is 0.619. The van der Waals surface area contributed by atoms with Crippen molar-refractivity contribution < 1.29 is 45.1 Å². The first-order valence-electron chi connectivity index (χ1n) is 10.6. The van der Waals surface area contributed by atoms with Gasteiger partial charge in [-0.25, -0.2) is 4.39 Å². The second-order valence-electron chi connectivity index (χ2n) is 9.45. The van der Waals surface area contributed by atoms with Crippen LogP contribution in [0.2, 0.25) is 0 Å². The van der Waals surface area contributed by atoms with Crippen LogP contribution in [0.5, 0.6) is 5.75 Å². The first-order chi connectivity index (χ1) is 15.7. The van der Waals surface area contributed by atoms with E-state index in [-0.39, 0.29) is 42.8 Å². The van der Waals surface area contributed by atoms with Crippen LogP contribution >= 0.6 is 0 Å². The van der Waals surface area contributed by atoms with E-state index in [4.69, 9.17) is 0 Å². The number of hydrogen-bond donors (Lipinski definition) is 2. The molecule has 0 atom stereocenters. The summed E-state index contributed by atoms with van der Waals surface area (Å²) >= 11 is 0. The highest BCUT2D eigenvalue weighted by Crippen LogP contribution is 2.52. The van der Waals surface area contributed by atoms with Crippen LogP contribution in [0.4, 0.5) is 30.7 Å². The average molecular weight is 497 g/mol. The molecule has 2 N–H and O–H groups in total. The molecule has 0 bridgehead atoms. The third-order valence-electron chi connectivity index (χ3n) is 6.57. The predicted molar refractivity (Wildman–Crippen MR) is 103 cm³/mol. The Hall–Kier alpha value is -2.57. The number of carbonyl (C=O) groups is 2. The Morgan fingerprint density at radius 1 is 1.09 bits per heavy atom. The molecular formula is C21H22F7N3O3. The Labute approximate surface area is 189 Å². The lowest BCUT2D eigenvalue weighted by Crippen LogP contribution is -2.65. The Bertz CT molecular complexity index is 961. The standard InChI is InChI=1S/C21H22F7N3O3/c22-14-2-1-13(5-15(14)34-21(26,27)28)17(33)29-8-12-6-18(7-12)10-31(11-18)9-16(32)30-19(3-4-19)20(23,24)25/h1-2,5,12H,3-4,6-11H2,(H,29,33)(H,30,32). The monoisotopic (exact) mass is 497 g/mol. The number of nitrogens with zero attached hydrogens (tertiary/aromatic N) is 1. The van der Waals surface area contributed by atoms with Crippen LogP contribution in [-0.2, 0) is 4.79 Å². The summed E-state index contributed by atoms with van der Waals surface area (Å²) in [5.74, 6) is -3.54. The molecule has 188 valence electrons. The second kappa shape index (κ2) is 8.28. The van der Waals surface area contributed by atoms with E-state index in [0.29, 0.717) is 25.2 Å². The van der Waals surface area contributed by atoms with E-state index < -0.39 is 41.5 Å². The van der Waals surface area contributed by atoms with Crippen molar-refractivity contribution in [1.29, 1.82) is 0 Å². The summed E-state index contributed by atoms with van der Waals surface area (Å²) in [5, 5.41) is 4.70. The van der Waals surface area contributed by atoms with Gasteiger partial charge in [-0.3, -0.25) is 14.5 Å². The van der Waals surface area contributed by atoms with Crippen LogP contribution in [0.15, 0.2) is 18.2 Å². The minimum atomic E-state index is -5.09. The minimum absolute atomic E-state index is 0.0411. The van der Waals surface area contributed by atoms with Crippen LogP contribution < -0.4 is 15.4 Å². The molecule has 2 aliphatic carbocycles. The summed E-state index contributed by atoms with van der Waals surface area (Å²) in [5.41, 5.74) is -2.29. The molecule has 3 aliphatic rings. The van der Waals surface area contributed by atoms with Gasteiger partial charge in [0.25, 0.3) is 5.91 Å². The SMILES string of the molecule is O=C(CN1CC2(CC(CNC(=O)c3ccc(F)c(OC(F)(F)F)c3)C2)C1)NC1(C(F)(F)F)CC1. The van der Waals surface area contributed by atoms with Crippen molar-refractivity contribution in [3.05, 3.63) is 29.6 Å². The number of hydrogen-bond acceptors (Lipinski definition) is 4. The molecule has 34 heavy (non-hydrogen) atoms. The second-order valence-corrected chi connectivity index (χ2v) is 9.45. The zero-order chi connectivity index (χ0) is 24.9. The molecule has 1 aliphatic heterocycles. The zero-order valence-corrected chi connectivity index (χ0v) is 17.8. The van der Waals surface area contributed by atoms with E-state index in [1.54, 1.807) is 4.90 Å². The van der Waals surface area contributed by atoms with Crippen molar-refractivity contribution in [2.45, 2.75) is 43.8 Å². The van der Waals surface area contributed by atoms with Gasteiger partial charge in [0.15, 0.2) is 11.6 Å². The minimum Gasteiger partial charge on any atom is -0.403 e. The van der Waals surface area contributed by atoms with E-state index in [1.807, 2.05) is 0 Å². The molecule has 1 saturated heterocycles. The van der Waals surface area contributed by atoms with Gasteiger partial charge in [0.2, 0.25) is 5.91 Å². The Morgan fingerprint density at radius 2 is 1.74 bits per heavy atom. The number of nitrogens with one attached hydrogen (secondary N) is 2. The number of ether oxygens (including phenoxy) is 1. The summed E-state index contributed by atoms with van der Waals surface area (Å²) in [6.07, 6.45) is -8.27. The van der Waals surface area contributed by atoms with E-state index in [0.717, 1.165) is 18.9 Å². The molecular weight excluding hydrogens is 475 g/mol. The molecule has 0 aromatic heterocycles. The number of halogens is 7. The Kier molecular flexibility index (Phi) is 5.98. The lowest BCUT2D eigenvalue weighted by Gasteiger charge is -2.59. The maximum Gasteiger partial charge on any atom is 0.573 e. The van der Waals surface area contributed by atoms with Crippen molar-refractivity contribution in [2.24, 2.45) is 11.3 Å². The van der Waals surface area contributed by atoms with Crippen LogP contribution in [0.1, 0.15) is 36.0 Å². The molecule has 1 heterocycles. The van der Waals surface area contributed by atoms with Crippen molar-refractivity contribution in [3.8, 4) is 5.75 Å². The predicted octanol–water partition coefficient (Wildman–Crippen LogP) is 3.38.